The molecule has 0 fully saturated rings. The number of nitrogens with zero attached hydrogens (tertiary/aromatic N) is 1. The molecule has 0 atom stereocenters. The van der Waals surface area contributed by atoms with Crippen molar-refractivity contribution in [1.82, 2.24) is 4.90 Å². The molecule has 0 saturated heterocycles. The SMILES string of the molecule is COc1ccc(CN(Cc2ccco2)C(C)C)cc1. The summed E-state index contributed by atoms with van der Waals surface area (Å²) < 4.78 is 10.6. The highest BCUT2D eigenvalue weighted by Crippen LogP contribution is 2.16. The highest BCUT2D eigenvalue weighted by Gasteiger charge is 2.12. The molecule has 0 radical (unpaired) electrons. The van der Waals surface area contributed by atoms with E-state index in [-0.39, 0.29) is 0 Å². The van der Waals surface area contributed by atoms with Crippen molar-refractivity contribution in [2.75, 3.05) is 7.11 Å². The van der Waals surface area contributed by atoms with Crippen LogP contribution in [0.2, 0.25) is 0 Å². The van der Waals surface area contributed by atoms with E-state index in [1.807, 2.05) is 24.3 Å². The Hall–Kier alpha value is -1.74. The van der Waals surface area contributed by atoms with Crippen LogP contribution in [0.1, 0.15) is 25.2 Å². The Kier molecular flexibility index (Phi) is 4.63. The van der Waals surface area contributed by atoms with E-state index in [9.17, 15) is 0 Å². The van der Waals surface area contributed by atoms with Crippen molar-refractivity contribution < 1.29 is 9.15 Å². The van der Waals surface area contributed by atoms with Crippen molar-refractivity contribution in [2.45, 2.75) is 33.0 Å². The van der Waals surface area contributed by atoms with Crippen molar-refractivity contribution in [1.29, 1.82) is 0 Å². The van der Waals surface area contributed by atoms with Crippen LogP contribution in [0.5, 0.6) is 5.75 Å². The first-order valence-electron chi connectivity index (χ1n) is 6.58. The minimum atomic E-state index is 0.465. The van der Waals surface area contributed by atoms with Gasteiger partial charge in [-0.3, -0.25) is 4.90 Å². The van der Waals surface area contributed by atoms with Crippen LogP contribution in [0.15, 0.2) is 47.1 Å². The predicted molar refractivity (Wildman–Crippen MR) is 76.1 cm³/mol. The van der Waals surface area contributed by atoms with Gasteiger partial charge < -0.3 is 9.15 Å². The van der Waals surface area contributed by atoms with Gasteiger partial charge in [0.15, 0.2) is 0 Å². The molecule has 0 saturated carbocycles. The Morgan fingerprint density at radius 1 is 1.11 bits per heavy atom. The molecule has 0 spiro atoms. The fourth-order valence-electron chi connectivity index (χ4n) is 1.99. The van der Waals surface area contributed by atoms with Crippen LogP contribution in [-0.2, 0) is 13.1 Å². The van der Waals surface area contributed by atoms with Crippen LogP contribution < -0.4 is 4.74 Å². The summed E-state index contributed by atoms with van der Waals surface area (Å²) in [4.78, 5) is 2.38. The number of furan rings is 1. The number of benzene rings is 1. The van der Waals surface area contributed by atoms with Crippen molar-refractivity contribution in [2.24, 2.45) is 0 Å². The largest absolute Gasteiger partial charge is 0.497 e. The molecule has 2 aromatic rings. The summed E-state index contributed by atoms with van der Waals surface area (Å²) in [5.41, 5.74) is 1.28. The topological polar surface area (TPSA) is 25.6 Å². The third-order valence-electron chi connectivity index (χ3n) is 3.21. The van der Waals surface area contributed by atoms with Crippen molar-refractivity contribution in [3.8, 4) is 5.75 Å². The first-order valence-corrected chi connectivity index (χ1v) is 6.58. The molecule has 3 heteroatoms. The van der Waals surface area contributed by atoms with Gasteiger partial charge in [0.1, 0.15) is 11.5 Å². The van der Waals surface area contributed by atoms with E-state index in [0.29, 0.717) is 6.04 Å². The summed E-state index contributed by atoms with van der Waals surface area (Å²) in [6.07, 6.45) is 1.72. The summed E-state index contributed by atoms with van der Waals surface area (Å²) in [5.74, 6) is 1.90. The van der Waals surface area contributed by atoms with Gasteiger partial charge in [0.05, 0.1) is 19.9 Å². The highest BCUT2D eigenvalue weighted by atomic mass is 16.5. The molecule has 0 aliphatic rings. The maximum absolute atomic E-state index is 5.43. The Morgan fingerprint density at radius 3 is 2.37 bits per heavy atom. The zero-order valence-electron chi connectivity index (χ0n) is 11.8. The maximum Gasteiger partial charge on any atom is 0.118 e. The first kappa shape index (κ1) is 13.7. The standard InChI is InChI=1S/C16H21NO2/c1-13(2)17(12-16-5-4-10-19-16)11-14-6-8-15(18-3)9-7-14/h4-10,13H,11-12H2,1-3H3. The number of ether oxygens (including phenoxy) is 1. The van der Waals surface area contributed by atoms with Crippen LogP contribution in [0.4, 0.5) is 0 Å². The van der Waals surface area contributed by atoms with Crippen molar-refractivity contribution in [3.63, 3.8) is 0 Å². The van der Waals surface area contributed by atoms with Gasteiger partial charge in [-0.25, -0.2) is 0 Å². The Bertz CT molecular complexity index is 474. The normalized spacial score (nSPS) is 11.2. The van der Waals surface area contributed by atoms with Gasteiger partial charge in [-0.15, -0.1) is 0 Å². The average Bonchev–Trinajstić information content (AvgIpc) is 2.91. The van der Waals surface area contributed by atoms with Crippen LogP contribution in [0.3, 0.4) is 0 Å². The summed E-state index contributed by atoms with van der Waals surface area (Å²) in [7, 11) is 1.69. The molecule has 0 bridgehead atoms. The summed E-state index contributed by atoms with van der Waals surface area (Å²) in [6, 6.07) is 12.6. The van der Waals surface area contributed by atoms with E-state index >= 15 is 0 Å². The minimum absolute atomic E-state index is 0.465. The molecule has 0 unspecified atom stereocenters. The lowest BCUT2D eigenvalue weighted by molar-refractivity contribution is 0.188. The van der Waals surface area contributed by atoms with E-state index < -0.39 is 0 Å². The zero-order valence-corrected chi connectivity index (χ0v) is 11.8. The summed E-state index contributed by atoms with van der Waals surface area (Å²) in [6.45, 7) is 6.14. The lowest BCUT2D eigenvalue weighted by Gasteiger charge is -2.25. The molecule has 3 nitrogen and oxygen atoms in total. The molecule has 0 amide bonds. The summed E-state index contributed by atoms with van der Waals surface area (Å²) >= 11 is 0. The molecular formula is C16H21NO2. The van der Waals surface area contributed by atoms with Crippen molar-refractivity contribution >= 4 is 0 Å². The van der Waals surface area contributed by atoms with Crippen molar-refractivity contribution in [3.05, 3.63) is 54.0 Å². The predicted octanol–water partition coefficient (Wildman–Crippen LogP) is 3.70. The van der Waals surface area contributed by atoms with E-state index in [1.165, 1.54) is 5.56 Å². The van der Waals surface area contributed by atoms with Crippen LogP contribution in [-0.4, -0.2) is 18.1 Å². The minimum Gasteiger partial charge on any atom is -0.497 e. The molecule has 1 aromatic carbocycles. The maximum atomic E-state index is 5.43. The quantitative estimate of drug-likeness (QED) is 0.791. The Morgan fingerprint density at radius 2 is 1.84 bits per heavy atom. The molecule has 0 N–H and O–H groups in total. The van der Waals surface area contributed by atoms with Crippen LogP contribution >= 0.6 is 0 Å². The lowest BCUT2D eigenvalue weighted by Crippen LogP contribution is -2.29. The monoisotopic (exact) mass is 259 g/mol. The summed E-state index contributed by atoms with van der Waals surface area (Å²) in [5, 5.41) is 0. The number of rotatable bonds is 6. The molecule has 1 aromatic heterocycles. The van der Waals surface area contributed by atoms with E-state index in [1.54, 1.807) is 13.4 Å². The van der Waals surface area contributed by atoms with Gasteiger partial charge in [-0.2, -0.15) is 0 Å². The molecule has 0 aliphatic carbocycles. The lowest BCUT2D eigenvalue weighted by atomic mass is 10.1. The molecule has 0 aliphatic heterocycles. The Balaban J connectivity index is 2.03. The smallest absolute Gasteiger partial charge is 0.118 e. The molecule has 19 heavy (non-hydrogen) atoms. The second-order valence-corrected chi connectivity index (χ2v) is 4.93. The third-order valence-corrected chi connectivity index (χ3v) is 3.21. The molecule has 102 valence electrons. The fourth-order valence-corrected chi connectivity index (χ4v) is 1.99. The second kappa shape index (κ2) is 6.43. The van der Waals surface area contributed by atoms with Gasteiger partial charge in [0.2, 0.25) is 0 Å². The fraction of sp³-hybridized carbons (Fsp3) is 0.375. The number of hydrogen-bond donors (Lipinski definition) is 0. The molecular weight excluding hydrogens is 238 g/mol. The average molecular weight is 259 g/mol. The molecule has 1 heterocycles. The Labute approximate surface area is 114 Å². The first-order chi connectivity index (χ1) is 9.19. The number of methoxy groups -OCH3 is 1. The molecule has 2 rings (SSSR count). The van der Waals surface area contributed by atoms with Crippen LogP contribution in [0.25, 0.3) is 0 Å². The van der Waals surface area contributed by atoms with Gasteiger partial charge >= 0.3 is 0 Å². The highest BCUT2D eigenvalue weighted by molar-refractivity contribution is 5.27. The van der Waals surface area contributed by atoms with Gasteiger partial charge in [-0.05, 0) is 43.7 Å². The van der Waals surface area contributed by atoms with Gasteiger partial charge in [0, 0.05) is 12.6 Å². The van der Waals surface area contributed by atoms with E-state index in [0.717, 1.165) is 24.6 Å². The van der Waals surface area contributed by atoms with Gasteiger partial charge in [0.25, 0.3) is 0 Å². The van der Waals surface area contributed by atoms with Gasteiger partial charge in [-0.1, -0.05) is 12.1 Å². The van der Waals surface area contributed by atoms with Crippen LogP contribution in [0, 0.1) is 0 Å². The van der Waals surface area contributed by atoms with E-state index in [2.05, 4.69) is 30.9 Å². The second-order valence-electron chi connectivity index (χ2n) is 4.93. The van der Waals surface area contributed by atoms with E-state index in [4.69, 9.17) is 9.15 Å². The zero-order chi connectivity index (χ0) is 13.7. The number of hydrogen-bond acceptors (Lipinski definition) is 3. The third kappa shape index (κ3) is 3.86.